The smallest absolute Gasteiger partial charge is 0.321 e. The molecule has 2 N–H and O–H groups in total. The van der Waals surface area contributed by atoms with Crippen LogP contribution in [0.4, 0.5) is 10.5 Å². The predicted octanol–water partition coefficient (Wildman–Crippen LogP) is 0.788. The zero-order valence-corrected chi connectivity index (χ0v) is 12.8. The number of carbonyl (C=O) groups excluding carboxylic acids is 2. The highest BCUT2D eigenvalue weighted by molar-refractivity contribution is 5.94. The van der Waals surface area contributed by atoms with E-state index in [1.54, 1.807) is 4.90 Å². The van der Waals surface area contributed by atoms with Crippen LogP contribution in [0.3, 0.4) is 0 Å². The molecule has 0 bridgehead atoms. The molecule has 2 heterocycles. The summed E-state index contributed by atoms with van der Waals surface area (Å²) in [4.78, 5) is 32.8. The summed E-state index contributed by atoms with van der Waals surface area (Å²) >= 11 is 0. The van der Waals surface area contributed by atoms with Crippen molar-refractivity contribution in [2.24, 2.45) is 0 Å². The summed E-state index contributed by atoms with van der Waals surface area (Å²) in [6.07, 6.45) is 4.37. The standard InChI is InChI=1S/C17H15N5O2/c23-16(15-12-18-8-9-19-15)20-7-1-2-13-3-5-14(6-4-13)22-11-10-21-17(22)24/h3-6,8-9,12H,7,10-11H2,(H,20,23)(H,21,24). The van der Waals surface area contributed by atoms with E-state index in [4.69, 9.17) is 0 Å². The lowest BCUT2D eigenvalue weighted by atomic mass is 10.2. The van der Waals surface area contributed by atoms with Crippen LogP contribution in [-0.4, -0.2) is 41.5 Å². The van der Waals surface area contributed by atoms with Crippen molar-refractivity contribution < 1.29 is 9.59 Å². The minimum Gasteiger partial charge on any atom is -0.340 e. The molecule has 1 aromatic heterocycles. The van der Waals surface area contributed by atoms with Crippen LogP contribution in [0, 0.1) is 11.8 Å². The predicted molar refractivity (Wildman–Crippen MR) is 88.4 cm³/mol. The Bertz CT molecular complexity index is 793. The first kappa shape index (κ1) is 15.5. The molecular weight excluding hydrogens is 306 g/mol. The lowest BCUT2D eigenvalue weighted by Gasteiger charge is -2.13. The molecular formula is C17H15N5O2. The van der Waals surface area contributed by atoms with Crippen molar-refractivity contribution >= 4 is 17.6 Å². The fraction of sp³-hybridized carbons (Fsp3) is 0.176. The zero-order chi connectivity index (χ0) is 16.8. The summed E-state index contributed by atoms with van der Waals surface area (Å²) in [7, 11) is 0. The normalized spacial score (nSPS) is 13.0. The summed E-state index contributed by atoms with van der Waals surface area (Å²) in [5.41, 5.74) is 1.91. The molecule has 7 heteroatoms. The van der Waals surface area contributed by atoms with Crippen LogP contribution >= 0.6 is 0 Å². The molecule has 0 unspecified atom stereocenters. The van der Waals surface area contributed by atoms with Crippen molar-refractivity contribution in [1.29, 1.82) is 0 Å². The van der Waals surface area contributed by atoms with Gasteiger partial charge < -0.3 is 10.6 Å². The first-order valence-electron chi connectivity index (χ1n) is 7.42. The molecule has 1 aliphatic rings. The van der Waals surface area contributed by atoms with Gasteiger partial charge in [0.2, 0.25) is 0 Å². The Labute approximate surface area is 139 Å². The molecule has 1 fully saturated rings. The van der Waals surface area contributed by atoms with E-state index >= 15 is 0 Å². The molecule has 3 rings (SSSR count). The van der Waals surface area contributed by atoms with Gasteiger partial charge in [0, 0.05) is 36.7 Å². The number of hydrogen-bond donors (Lipinski definition) is 2. The van der Waals surface area contributed by atoms with E-state index in [1.165, 1.54) is 18.6 Å². The highest BCUT2D eigenvalue weighted by atomic mass is 16.2. The Morgan fingerprint density at radius 2 is 2.12 bits per heavy atom. The average molecular weight is 321 g/mol. The van der Waals surface area contributed by atoms with Crippen molar-refractivity contribution in [2.75, 3.05) is 24.5 Å². The van der Waals surface area contributed by atoms with Gasteiger partial charge in [-0.1, -0.05) is 11.8 Å². The third-order valence-electron chi connectivity index (χ3n) is 3.40. The van der Waals surface area contributed by atoms with E-state index in [0.717, 1.165) is 11.3 Å². The Morgan fingerprint density at radius 3 is 2.79 bits per heavy atom. The molecule has 24 heavy (non-hydrogen) atoms. The second-order valence-corrected chi connectivity index (χ2v) is 5.01. The molecule has 1 aliphatic heterocycles. The van der Waals surface area contributed by atoms with Gasteiger partial charge >= 0.3 is 6.03 Å². The van der Waals surface area contributed by atoms with Gasteiger partial charge in [0.05, 0.1) is 12.7 Å². The zero-order valence-electron chi connectivity index (χ0n) is 12.8. The fourth-order valence-electron chi connectivity index (χ4n) is 2.22. The minimum atomic E-state index is -0.312. The molecule has 1 aromatic carbocycles. The third-order valence-corrected chi connectivity index (χ3v) is 3.40. The van der Waals surface area contributed by atoms with Crippen LogP contribution in [0.25, 0.3) is 0 Å². The maximum absolute atomic E-state index is 11.8. The van der Waals surface area contributed by atoms with Crippen molar-refractivity contribution in [1.82, 2.24) is 20.6 Å². The van der Waals surface area contributed by atoms with Gasteiger partial charge in [-0.15, -0.1) is 0 Å². The number of carbonyl (C=O) groups is 2. The summed E-state index contributed by atoms with van der Waals surface area (Å²) < 4.78 is 0. The van der Waals surface area contributed by atoms with Crippen LogP contribution in [0.15, 0.2) is 42.9 Å². The molecule has 0 aliphatic carbocycles. The van der Waals surface area contributed by atoms with Crippen molar-refractivity contribution in [3.05, 3.63) is 54.1 Å². The number of urea groups is 1. The molecule has 0 atom stereocenters. The summed E-state index contributed by atoms with van der Waals surface area (Å²) in [6.45, 7) is 1.54. The van der Waals surface area contributed by atoms with E-state index in [-0.39, 0.29) is 24.2 Å². The van der Waals surface area contributed by atoms with E-state index in [9.17, 15) is 9.59 Å². The number of aromatic nitrogens is 2. The molecule has 120 valence electrons. The quantitative estimate of drug-likeness (QED) is 0.818. The minimum absolute atomic E-state index is 0.0828. The van der Waals surface area contributed by atoms with Gasteiger partial charge in [0.15, 0.2) is 0 Å². The number of amides is 3. The largest absolute Gasteiger partial charge is 0.340 e. The van der Waals surface area contributed by atoms with Gasteiger partial charge in [-0.05, 0) is 24.3 Å². The third kappa shape index (κ3) is 3.67. The lowest BCUT2D eigenvalue weighted by molar-refractivity contribution is 0.0953. The first-order chi connectivity index (χ1) is 11.7. The van der Waals surface area contributed by atoms with Crippen molar-refractivity contribution in [3.8, 4) is 11.8 Å². The monoisotopic (exact) mass is 321 g/mol. The highest BCUT2D eigenvalue weighted by Crippen LogP contribution is 2.16. The Hall–Kier alpha value is -3.40. The van der Waals surface area contributed by atoms with E-state index in [1.807, 2.05) is 24.3 Å². The summed E-state index contributed by atoms with van der Waals surface area (Å²) in [6, 6.07) is 7.32. The van der Waals surface area contributed by atoms with Gasteiger partial charge in [0.25, 0.3) is 5.91 Å². The number of anilines is 1. The molecule has 1 saturated heterocycles. The van der Waals surface area contributed by atoms with Crippen molar-refractivity contribution in [3.63, 3.8) is 0 Å². The Balaban J connectivity index is 1.54. The number of hydrogen-bond acceptors (Lipinski definition) is 4. The van der Waals surface area contributed by atoms with Gasteiger partial charge in [-0.2, -0.15) is 0 Å². The van der Waals surface area contributed by atoms with Gasteiger partial charge in [-0.3, -0.25) is 14.7 Å². The SMILES string of the molecule is O=C(NCC#Cc1ccc(N2CCNC2=O)cc1)c1cnccn1. The first-order valence-corrected chi connectivity index (χ1v) is 7.42. The van der Waals surface area contributed by atoms with Crippen molar-refractivity contribution in [2.45, 2.75) is 0 Å². The highest BCUT2D eigenvalue weighted by Gasteiger charge is 2.20. The Morgan fingerprint density at radius 1 is 1.29 bits per heavy atom. The molecule has 3 amide bonds. The maximum Gasteiger partial charge on any atom is 0.321 e. The average Bonchev–Trinajstić information content (AvgIpc) is 3.06. The van der Waals surface area contributed by atoms with E-state index in [2.05, 4.69) is 32.4 Å². The summed E-state index contributed by atoms with van der Waals surface area (Å²) in [5.74, 6) is 5.53. The van der Waals surface area contributed by atoms with Crippen LogP contribution in [0.1, 0.15) is 16.1 Å². The second kappa shape index (κ2) is 7.24. The lowest BCUT2D eigenvalue weighted by Crippen LogP contribution is -2.27. The number of nitrogens with zero attached hydrogens (tertiary/aromatic N) is 3. The molecule has 0 saturated carbocycles. The number of benzene rings is 1. The maximum atomic E-state index is 11.8. The fourth-order valence-corrected chi connectivity index (χ4v) is 2.22. The van der Waals surface area contributed by atoms with E-state index < -0.39 is 0 Å². The summed E-state index contributed by atoms with van der Waals surface area (Å²) in [5, 5.41) is 5.41. The van der Waals surface area contributed by atoms with Crippen LogP contribution in [0.5, 0.6) is 0 Å². The molecule has 0 radical (unpaired) electrons. The van der Waals surface area contributed by atoms with Crippen LogP contribution in [0.2, 0.25) is 0 Å². The topological polar surface area (TPSA) is 87.2 Å². The van der Waals surface area contributed by atoms with Crippen LogP contribution in [-0.2, 0) is 0 Å². The van der Waals surface area contributed by atoms with Crippen LogP contribution < -0.4 is 15.5 Å². The number of rotatable bonds is 3. The molecule has 7 nitrogen and oxygen atoms in total. The molecule has 2 aromatic rings. The second-order valence-electron chi connectivity index (χ2n) is 5.01. The van der Waals surface area contributed by atoms with Gasteiger partial charge in [0.1, 0.15) is 5.69 Å². The Kier molecular flexibility index (Phi) is 4.68. The van der Waals surface area contributed by atoms with E-state index in [0.29, 0.717) is 13.1 Å². The number of nitrogens with one attached hydrogen (secondary N) is 2. The van der Waals surface area contributed by atoms with Gasteiger partial charge in [-0.25, -0.2) is 9.78 Å². The molecule has 0 spiro atoms.